The van der Waals surface area contributed by atoms with Gasteiger partial charge in [0.1, 0.15) is 0 Å². The van der Waals surface area contributed by atoms with E-state index in [2.05, 4.69) is 15.9 Å². The van der Waals surface area contributed by atoms with Crippen molar-refractivity contribution >= 4 is 27.9 Å². The smallest absolute Gasteiger partial charge is 0.315 e. The topological polar surface area (TPSA) is 52.6 Å². The number of rotatable bonds is 3. The average Bonchev–Trinajstić information content (AvgIpc) is 2.67. The van der Waals surface area contributed by atoms with Gasteiger partial charge in [-0.2, -0.15) is 0 Å². The largest absolute Gasteiger partial charge is 0.469 e. The number of esters is 2. The van der Waals surface area contributed by atoms with Gasteiger partial charge in [-0.25, -0.2) is 0 Å². The predicted molar refractivity (Wildman–Crippen MR) is 95.3 cm³/mol. The number of ether oxygens (including phenoxy) is 2. The van der Waals surface area contributed by atoms with Crippen LogP contribution in [0.4, 0.5) is 0 Å². The lowest BCUT2D eigenvalue weighted by atomic mass is 9.57. The summed E-state index contributed by atoms with van der Waals surface area (Å²) in [7, 11) is 1.36. The maximum Gasteiger partial charge on any atom is 0.315 e. The van der Waals surface area contributed by atoms with E-state index in [-0.39, 0.29) is 17.9 Å². The fraction of sp³-hybridized carbons (Fsp3) is 0.300. The first-order valence-corrected chi connectivity index (χ1v) is 9.29. The van der Waals surface area contributed by atoms with Crippen molar-refractivity contribution in [2.24, 2.45) is 11.8 Å². The summed E-state index contributed by atoms with van der Waals surface area (Å²) in [6.45, 7) is 0. The molecule has 0 saturated carbocycles. The van der Waals surface area contributed by atoms with Gasteiger partial charge in [-0.15, -0.1) is 0 Å². The molecule has 2 aromatic carbocycles. The molecule has 0 unspecified atom stereocenters. The molecule has 128 valence electrons. The Balaban J connectivity index is 2.05. The second-order valence-electron chi connectivity index (χ2n) is 6.40. The molecule has 1 saturated heterocycles. The molecular formula is C20H17BrO4. The molecule has 0 radical (unpaired) electrons. The van der Waals surface area contributed by atoms with Crippen LogP contribution in [0.5, 0.6) is 0 Å². The summed E-state index contributed by atoms with van der Waals surface area (Å²) in [5, 5.41) is 0.514. The molecule has 3 aliphatic rings. The zero-order chi connectivity index (χ0) is 17.6. The van der Waals surface area contributed by atoms with Gasteiger partial charge in [0.15, 0.2) is 5.60 Å². The molecule has 5 heteroatoms. The third-order valence-corrected chi connectivity index (χ3v) is 6.07. The van der Waals surface area contributed by atoms with E-state index in [1.165, 1.54) is 7.11 Å². The fourth-order valence-corrected chi connectivity index (χ4v) is 5.23. The highest BCUT2D eigenvalue weighted by molar-refractivity contribution is 9.09. The van der Waals surface area contributed by atoms with Crippen LogP contribution in [0.2, 0.25) is 0 Å². The summed E-state index contributed by atoms with van der Waals surface area (Å²) in [6.07, 6.45) is 0. The lowest BCUT2D eigenvalue weighted by Crippen LogP contribution is -2.59. The Morgan fingerprint density at radius 1 is 1.16 bits per heavy atom. The molecule has 4 atom stereocenters. The second-order valence-corrected chi connectivity index (χ2v) is 7.04. The Bertz CT molecular complexity index is 835. The third-order valence-electron chi connectivity index (χ3n) is 5.37. The summed E-state index contributed by atoms with van der Waals surface area (Å²) in [6, 6.07) is 17.4. The van der Waals surface area contributed by atoms with Crippen LogP contribution in [0.15, 0.2) is 54.6 Å². The van der Waals surface area contributed by atoms with Crippen molar-refractivity contribution < 1.29 is 19.1 Å². The SMILES string of the molecule is COC(=O)[C@H]1[C@@H]2C(=O)O[C@@](c3ccccc3)(c3ccccc32)[C@@H]1CBr. The number of alkyl halides is 1. The third kappa shape index (κ3) is 2.11. The molecule has 2 heterocycles. The molecule has 0 aromatic heterocycles. The number of hydrogen-bond acceptors (Lipinski definition) is 4. The van der Waals surface area contributed by atoms with Crippen LogP contribution in [0.1, 0.15) is 22.6 Å². The lowest BCUT2D eigenvalue weighted by molar-refractivity contribution is -0.193. The van der Waals surface area contributed by atoms with Crippen LogP contribution in [0.3, 0.4) is 0 Å². The van der Waals surface area contributed by atoms with Gasteiger partial charge < -0.3 is 9.47 Å². The standard InChI is InChI=1S/C20H17BrO4/c1-24-18(22)17-15(11-21)20(12-7-3-2-4-8-12)14-10-6-5-9-13(14)16(17)19(23)25-20/h2-10,15-17H,11H2,1H3/t15-,16-,17-,20+/m1/s1. The maximum atomic E-state index is 12.8. The molecule has 0 N–H and O–H groups in total. The van der Waals surface area contributed by atoms with Crippen molar-refractivity contribution in [1.29, 1.82) is 0 Å². The number of carbonyl (C=O) groups is 2. The Morgan fingerprint density at radius 2 is 1.84 bits per heavy atom. The number of hydrogen-bond donors (Lipinski definition) is 0. The van der Waals surface area contributed by atoms with Crippen LogP contribution in [-0.2, 0) is 24.7 Å². The molecule has 25 heavy (non-hydrogen) atoms. The van der Waals surface area contributed by atoms with Crippen LogP contribution < -0.4 is 0 Å². The molecule has 2 aromatic rings. The van der Waals surface area contributed by atoms with Gasteiger partial charge in [-0.05, 0) is 5.56 Å². The highest BCUT2D eigenvalue weighted by atomic mass is 79.9. The van der Waals surface area contributed by atoms with Crippen molar-refractivity contribution in [1.82, 2.24) is 0 Å². The molecular weight excluding hydrogens is 384 g/mol. The highest BCUT2D eigenvalue weighted by Crippen LogP contribution is 2.59. The van der Waals surface area contributed by atoms with Crippen molar-refractivity contribution in [2.75, 3.05) is 12.4 Å². The first-order valence-electron chi connectivity index (χ1n) is 8.16. The fourth-order valence-electron chi connectivity index (χ4n) is 4.37. The summed E-state index contributed by atoms with van der Waals surface area (Å²) >= 11 is 3.56. The molecule has 0 amide bonds. The quantitative estimate of drug-likeness (QED) is 0.585. The van der Waals surface area contributed by atoms with Gasteiger partial charge in [0.2, 0.25) is 0 Å². The summed E-state index contributed by atoms with van der Waals surface area (Å²) < 4.78 is 11.1. The maximum absolute atomic E-state index is 12.8. The number of halogens is 1. The zero-order valence-corrected chi connectivity index (χ0v) is 15.2. The number of carbonyl (C=O) groups excluding carboxylic acids is 2. The summed E-state index contributed by atoms with van der Waals surface area (Å²) in [5.41, 5.74) is 1.68. The van der Waals surface area contributed by atoms with Gasteiger partial charge in [0.25, 0.3) is 0 Å². The van der Waals surface area contributed by atoms with E-state index in [0.29, 0.717) is 5.33 Å². The summed E-state index contributed by atoms with van der Waals surface area (Å²) in [5.74, 6) is -2.20. The molecule has 0 spiro atoms. The first-order chi connectivity index (χ1) is 12.1. The van der Waals surface area contributed by atoms with Gasteiger partial charge >= 0.3 is 11.9 Å². The van der Waals surface area contributed by atoms with Crippen molar-refractivity contribution in [3.63, 3.8) is 0 Å². The molecule has 5 rings (SSSR count). The number of benzene rings is 2. The Morgan fingerprint density at radius 3 is 2.52 bits per heavy atom. The van der Waals surface area contributed by atoms with Gasteiger partial charge in [0.05, 0.1) is 18.9 Å². The molecule has 1 aliphatic carbocycles. The van der Waals surface area contributed by atoms with Gasteiger partial charge in [0, 0.05) is 22.4 Å². The Hall–Kier alpha value is -2.14. The predicted octanol–water partition coefficient (Wildman–Crippen LogP) is 3.38. The zero-order valence-electron chi connectivity index (χ0n) is 13.6. The van der Waals surface area contributed by atoms with E-state index in [1.807, 2.05) is 54.6 Å². The van der Waals surface area contributed by atoms with Gasteiger partial charge in [-0.3, -0.25) is 9.59 Å². The van der Waals surface area contributed by atoms with Crippen LogP contribution in [0, 0.1) is 11.8 Å². The summed E-state index contributed by atoms with van der Waals surface area (Å²) in [4.78, 5) is 25.4. The normalized spacial score (nSPS) is 29.7. The molecule has 4 nitrogen and oxygen atoms in total. The van der Waals surface area contributed by atoms with E-state index in [0.717, 1.165) is 16.7 Å². The molecule has 2 aliphatic heterocycles. The van der Waals surface area contributed by atoms with E-state index < -0.39 is 17.4 Å². The minimum Gasteiger partial charge on any atom is -0.469 e. The average molecular weight is 401 g/mol. The lowest BCUT2D eigenvalue weighted by Gasteiger charge is -2.54. The Labute approximate surface area is 154 Å². The monoisotopic (exact) mass is 400 g/mol. The minimum atomic E-state index is -0.994. The van der Waals surface area contributed by atoms with Crippen LogP contribution in [0.25, 0.3) is 0 Å². The van der Waals surface area contributed by atoms with Crippen LogP contribution >= 0.6 is 15.9 Å². The highest BCUT2D eigenvalue weighted by Gasteiger charge is 2.64. The molecule has 2 bridgehead atoms. The Kier molecular flexibility index (Phi) is 3.91. The van der Waals surface area contributed by atoms with Gasteiger partial charge in [-0.1, -0.05) is 70.5 Å². The van der Waals surface area contributed by atoms with E-state index >= 15 is 0 Å². The van der Waals surface area contributed by atoms with Crippen LogP contribution in [-0.4, -0.2) is 24.4 Å². The number of fused-ring (bicyclic) bond motifs is 2. The van der Waals surface area contributed by atoms with Crippen molar-refractivity contribution in [3.05, 3.63) is 71.3 Å². The van der Waals surface area contributed by atoms with E-state index in [9.17, 15) is 9.59 Å². The molecule has 1 fully saturated rings. The van der Waals surface area contributed by atoms with E-state index in [1.54, 1.807) is 0 Å². The second kappa shape index (κ2) is 5.99. The van der Waals surface area contributed by atoms with Crippen molar-refractivity contribution in [3.8, 4) is 0 Å². The van der Waals surface area contributed by atoms with E-state index in [4.69, 9.17) is 9.47 Å². The number of methoxy groups -OCH3 is 1. The first kappa shape index (κ1) is 16.3. The minimum absolute atomic E-state index is 0.250. The van der Waals surface area contributed by atoms with Crippen molar-refractivity contribution in [2.45, 2.75) is 11.5 Å².